The monoisotopic (exact) mass is 915 g/mol. The summed E-state index contributed by atoms with van der Waals surface area (Å²) in [6, 6.07) is 50.7. The number of nitrogens with zero attached hydrogens (tertiary/aromatic N) is 3. The highest BCUT2D eigenvalue weighted by Gasteiger charge is 2.58. The summed E-state index contributed by atoms with van der Waals surface area (Å²) in [5, 5.41) is 4.07. The van der Waals surface area contributed by atoms with Gasteiger partial charge < -0.3 is 14.4 Å². The maximum atomic E-state index is 2.80. The molecule has 5 aliphatic rings. The van der Waals surface area contributed by atoms with Crippen LogP contribution in [0.2, 0.25) is 0 Å². The van der Waals surface area contributed by atoms with Crippen LogP contribution in [0.5, 0.6) is 0 Å². The van der Waals surface area contributed by atoms with E-state index >= 15 is 0 Å². The van der Waals surface area contributed by atoms with Gasteiger partial charge in [-0.1, -0.05) is 148 Å². The summed E-state index contributed by atoms with van der Waals surface area (Å²) in [6.45, 7) is 26.8. The standard InChI is InChI=1S/C64H62BN3S/c1-37-31-51-57-52(32-37)67-58-43(56-59(67)41-19-12-14-21-44(41)62(56,8)9)33-39(61(5,6)7)35-47(58)65(57)46-27-26-40(36-50(46)66(51)49-22-18-24-54-55(49)42-20-13-15-23-53(42)69-54)68-48-28-25-38(60(2,3)4)34-45(48)63(10)29-16-17-30-64(63,68)11/h12-15,18-28,31-36H,16-17,29-30H2,1-11H3. The molecule has 9 aromatic rings. The number of hydrogen-bond donors (Lipinski definition) is 0. The zero-order valence-electron chi connectivity index (χ0n) is 42.3. The Balaban J connectivity index is 1.11. The number of anilines is 5. The van der Waals surface area contributed by atoms with Gasteiger partial charge in [-0.05, 0) is 142 Å². The van der Waals surface area contributed by atoms with Crippen molar-refractivity contribution in [2.45, 2.75) is 129 Å². The molecule has 2 unspecified atom stereocenters. The number of thiophene rings is 1. The molecule has 7 aromatic carbocycles. The molecule has 0 radical (unpaired) electrons. The molecule has 1 saturated carbocycles. The summed E-state index contributed by atoms with van der Waals surface area (Å²) >= 11 is 1.91. The summed E-state index contributed by atoms with van der Waals surface area (Å²) in [7, 11) is 0. The van der Waals surface area contributed by atoms with Crippen molar-refractivity contribution in [3.05, 3.63) is 161 Å². The molecule has 0 N–H and O–H groups in total. The smallest absolute Gasteiger partial charge is 0.252 e. The summed E-state index contributed by atoms with van der Waals surface area (Å²) in [6.07, 6.45) is 4.88. The van der Waals surface area contributed by atoms with Crippen LogP contribution in [0.4, 0.5) is 28.4 Å². The number of hydrogen-bond acceptors (Lipinski definition) is 3. The Bertz CT molecular complexity index is 3760. The largest absolute Gasteiger partial charge is 0.334 e. The van der Waals surface area contributed by atoms with Crippen LogP contribution < -0.4 is 26.2 Å². The van der Waals surface area contributed by atoms with E-state index in [-0.39, 0.29) is 33.9 Å². The first kappa shape index (κ1) is 41.9. The minimum atomic E-state index is -0.159. The number of rotatable bonds is 2. The maximum absolute atomic E-state index is 2.80. The number of aromatic nitrogens is 1. The van der Waals surface area contributed by atoms with Gasteiger partial charge in [-0.3, -0.25) is 0 Å². The zero-order chi connectivity index (χ0) is 47.5. The van der Waals surface area contributed by atoms with Crippen molar-refractivity contribution in [3.63, 3.8) is 0 Å². The predicted molar refractivity (Wildman–Crippen MR) is 298 cm³/mol. The molecule has 2 atom stereocenters. The van der Waals surface area contributed by atoms with Crippen LogP contribution in [-0.4, -0.2) is 16.8 Å². The minimum Gasteiger partial charge on any atom is -0.334 e. The normalized spacial score (nSPS) is 20.6. The molecular formula is C64H62BN3S. The maximum Gasteiger partial charge on any atom is 0.252 e. The molecule has 0 spiro atoms. The first-order chi connectivity index (χ1) is 32.9. The lowest BCUT2D eigenvalue weighted by atomic mass is 9.33. The molecule has 0 bridgehead atoms. The van der Waals surface area contributed by atoms with Crippen LogP contribution in [0.1, 0.15) is 128 Å². The number of aryl methyl sites for hydroxylation is 1. The van der Waals surface area contributed by atoms with Crippen LogP contribution in [-0.2, 0) is 21.7 Å². The van der Waals surface area contributed by atoms with Crippen LogP contribution in [0.25, 0.3) is 48.0 Å². The van der Waals surface area contributed by atoms with Crippen molar-refractivity contribution in [1.29, 1.82) is 0 Å². The summed E-state index contributed by atoms with van der Waals surface area (Å²) in [5.74, 6) is 0. The Morgan fingerprint density at radius 1 is 0.580 bits per heavy atom. The lowest BCUT2D eigenvalue weighted by Crippen LogP contribution is -2.61. The van der Waals surface area contributed by atoms with Gasteiger partial charge in [0.15, 0.2) is 0 Å². The average molecular weight is 916 g/mol. The molecule has 2 aromatic heterocycles. The van der Waals surface area contributed by atoms with Crippen molar-refractivity contribution < 1.29 is 0 Å². The third kappa shape index (κ3) is 5.25. The van der Waals surface area contributed by atoms with Gasteiger partial charge in [0.25, 0.3) is 6.71 Å². The molecule has 14 rings (SSSR count). The molecule has 3 nitrogen and oxygen atoms in total. The fourth-order valence-electron chi connectivity index (χ4n) is 14.5. The van der Waals surface area contributed by atoms with Crippen LogP contribution in [0.3, 0.4) is 0 Å². The van der Waals surface area contributed by atoms with Crippen LogP contribution in [0, 0.1) is 6.92 Å². The Morgan fingerprint density at radius 3 is 2.13 bits per heavy atom. The number of fused-ring (bicyclic) bond motifs is 15. The fraction of sp³-hybridized carbons (Fsp3) is 0.312. The SMILES string of the molecule is Cc1cc2c3c(c1)-n1c4c(c5cc(C(C)(C)C)cc(c51)B3c1ccc(N3c5ccc(C(C)(C)C)cc5C5(C)CCCCC35C)cc1N2c1cccc2sc3ccccc3c12)C(C)(C)c1ccccc1-4. The molecule has 1 fully saturated rings. The molecule has 3 aliphatic heterocycles. The first-order valence-electron chi connectivity index (χ1n) is 25.7. The van der Waals surface area contributed by atoms with Gasteiger partial charge >= 0.3 is 0 Å². The second-order valence-electron chi connectivity index (χ2n) is 24.5. The van der Waals surface area contributed by atoms with Crippen molar-refractivity contribution in [3.8, 4) is 16.9 Å². The fourth-order valence-corrected chi connectivity index (χ4v) is 15.7. The molecule has 5 heterocycles. The first-order valence-corrected chi connectivity index (χ1v) is 26.5. The number of benzene rings is 7. The van der Waals surface area contributed by atoms with E-state index in [9.17, 15) is 0 Å². The van der Waals surface area contributed by atoms with E-state index in [0.717, 1.165) is 6.42 Å². The summed E-state index contributed by atoms with van der Waals surface area (Å²) in [5.41, 5.74) is 24.5. The average Bonchev–Trinajstić information content (AvgIpc) is 4.00. The second kappa shape index (κ2) is 13.4. The highest BCUT2D eigenvalue weighted by atomic mass is 32.1. The molecule has 0 saturated heterocycles. The lowest BCUT2D eigenvalue weighted by molar-refractivity contribution is 0.195. The van der Waals surface area contributed by atoms with E-state index in [2.05, 4.69) is 218 Å². The highest BCUT2D eigenvalue weighted by Crippen LogP contribution is 2.62. The van der Waals surface area contributed by atoms with E-state index in [1.54, 1.807) is 0 Å². The zero-order valence-corrected chi connectivity index (χ0v) is 43.1. The Hall–Kier alpha value is -6.04. The van der Waals surface area contributed by atoms with Gasteiger partial charge in [-0.2, -0.15) is 0 Å². The molecule has 5 heteroatoms. The van der Waals surface area contributed by atoms with E-state index in [0.29, 0.717) is 0 Å². The van der Waals surface area contributed by atoms with Crippen LogP contribution >= 0.6 is 11.3 Å². The molecule has 69 heavy (non-hydrogen) atoms. The third-order valence-corrected chi connectivity index (χ3v) is 19.4. The van der Waals surface area contributed by atoms with Crippen molar-refractivity contribution in [2.75, 3.05) is 9.80 Å². The summed E-state index contributed by atoms with van der Waals surface area (Å²) in [4.78, 5) is 5.51. The van der Waals surface area contributed by atoms with Crippen molar-refractivity contribution in [1.82, 2.24) is 4.57 Å². The van der Waals surface area contributed by atoms with E-state index in [4.69, 9.17) is 0 Å². The molecule has 0 amide bonds. The van der Waals surface area contributed by atoms with Gasteiger partial charge in [0.1, 0.15) is 0 Å². The van der Waals surface area contributed by atoms with Gasteiger partial charge in [0.2, 0.25) is 0 Å². The Morgan fingerprint density at radius 2 is 1.32 bits per heavy atom. The lowest BCUT2D eigenvalue weighted by Gasteiger charge is -2.50. The van der Waals surface area contributed by atoms with Crippen molar-refractivity contribution >= 4 is 94.0 Å². The van der Waals surface area contributed by atoms with Gasteiger partial charge in [-0.15, -0.1) is 11.3 Å². The quantitative estimate of drug-likeness (QED) is 0.160. The Kier molecular flexibility index (Phi) is 8.15. The topological polar surface area (TPSA) is 11.4 Å². The van der Waals surface area contributed by atoms with Gasteiger partial charge in [-0.25, -0.2) is 0 Å². The van der Waals surface area contributed by atoms with E-state index < -0.39 is 0 Å². The highest BCUT2D eigenvalue weighted by molar-refractivity contribution is 7.26. The minimum absolute atomic E-state index is 0.0256. The second-order valence-corrected chi connectivity index (χ2v) is 25.6. The third-order valence-electron chi connectivity index (χ3n) is 18.2. The summed E-state index contributed by atoms with van der Waals surface area (Å²) < 4.78 is 5.38. The van der Waals surface area contributed by atoms with Gasteiger partial charge in [0, 0.05) is 75.9 Å². The molecular weight excluding hydrogens is 854 g/mol. The molecule has 2 aliphatic carbocycles. The van der Waals surface area contributed by atoms with Gasteiger partial charge in [0.05, 0.1) is 16.9 Å². The van der Waals surface area contributed by atoms with E-state index in [1.165, 1.54) is 145 Å². The predicted octanol–water partition coefficient (Wildman–Crippen LogP) is 15.6. The Labute approximate surface area is 412 Å². The molecule has 342 valence electrons. The van der Waals surface area contributed by atoms with Crippen LogP contribution in [0.15, 0.2) is 127 Å². The van der Waals surface area contributed by atoms with E-state index in [1.807, 2.05) is 11.3 Å². The van der Waals surface area contributed by atoms with Crippen molar-refractivity contribution in [2.24, 2.45) is 0 Å².